The maximum atomic E-state index is 4.16. The third kappa shape index (κ3) is 1.95. The van der Waals surface area contributed by atoms with Gasteiger partial charge in [-0.3, -0.25) is 4.98 Å². The van der Waals surface area contributed by atoms with Crippen LogP contribution in [0.2, 0.25) is 0 Å². The van der Waals surface area contributed by atoms with Crippen molar-refractivity contribution in [3.63, 3.8) is 0 Å². The van der Waals surface area contributed by atoms with Gasteiger partial charge in [-0.05, 0) is 40.7 Å². The summed E-state index contributed by atoms with van der Waals surface area (Å²) in [5, 5.41) is 2.56. The molecular formula is C16H19N. The van der Waals surface area contributed by atoms with E-state index >= 15 is 0 Å². The third-order valence-corrected chi connectivity index (χ3v) is 4.00. The number of benzene rings is 1. The van der Waals surface area contributed by atoms with E-state index in [9.17, 15) is 0 Å². The van der Waals surface area contributed by atoms with Crippen LogP contribution in [0.4, 0.5) is 0 Å². The number of rotatable bonds is 1. The first kappa shape index (κ1) is 10.8. The normalized spacial score (nSPS) is 23.9. The Labute approximate surface area is 103 Å². The average molecular weight is 225 g/mol. The molecule has 1 fully saturated rings. The highest BCUT2D eigenvalue weighted by Gasteiger charge is 2.45. The van der Waals surface area contributed by atoms with E-state index in [1.165, 1.54) is 22.8 Å². The fraction of sp³-hybridized carbons (Fsp3) is 0.438. The van der Waals surface area contributed by atoms with Crippen molar-refractivity contribution in [1.82, 2.24) is 4.98 Å². The monoisotopic (exact) mass is 225 g/mol. The summed E-state index contributed by atoms with van der Waals surface area (Å²) in [4.78, 5) is 4.16. The fourth-order valence-electron chi connectivity index (χ4n) is 2.85. The summed E-state index contributed by atoms with van der Waals surface area (Å²) >= 11 is 0. The van der Waals surface area contributed by atoms with Gasteiger partial charge in [0.15, 0.2) is 0 Å². The molecule has 0 N–H and O–H groups in total. The van der Waals surface area contributed by atoms with Crippen LogP contribution in [0.1, 0.15) is 38.7 Å². The van der Waals surface area contributed by atoms with Crippen LogP contribution in [-0.4, -0.2) is 4.98 Å². The van der Waals surface area contributed by atoms with E-state index in [0.717, 1.165) is 11.8 Å². The summed E-state index contributed by atoms with van der Waals surface area (Å²) in [5.41, 5.74) is 1.95. The second-order valence-corrected chi connectivity index (χ2v) is 6.30. The third-order valence-electron chi connectivity index (χ3n) is 4.00. The SMILES string of the molecule is CC(C)(C)[C@H]1C[C@@H]1c1ccc2cnccc2c1. The average Bonchev–Trinajstić information content (AvgIpc) is 3.08. The minimum absolute atomic E-state index is 0.442. The molecule has 2 atom stereocenters. The van der Waals surface area contributed by atoms with Gasteiger partial charge in [-0.15, -0.1) is 0 Å². The van der Waals surface area contributed by atoms with Gasteiger partial charge in [-0.2, -0.15) is 0 Å². The number of hydrogen-bond acceptors (Lipinski definition) is 1. The summed E-state index contributed by atoms with van der Waals surface area (Å²) in [5.74, 6) is 1.62. The van der Waals surface area contributed by atoms with Gasteiger partial charge in [0, 0.05) is 17.8 Å². The maximum absolute atomic E-state index is 4.16. The van der Waals surface area contributed by atoms with Gasteiger partial charge < -0.3 is 0 Å². The van der Waals surface area contributed by atoms with Crippen molar-refractivity contribution >= 4 is 10.8 Å². The van der Waals surface area contributed by atoms with Crippen LogP contribution in [0, 0.1) is 11.3 Å². The van der Waals surface area contributed by atoms with E-state index in [1.54, 1.807) is 0 Å². The van der Waals surface area contributed by atoms with E-state index < -0.39 is 0 Å². The molecule has 0 bridgehead atoms. The zero-order valence-corrected chi connectivity index (χ0v) is 10.8. The van der Waals surface area contributed by atoms with Gasteiger partial charge in [0.1, 0.15) is 0 Å². The molecule has 2 aromatic rings. The summed E-state index contributed by atoms with van der Waals surface area (Å²) in [6.45, 7) is 7.05. The Hall–Kier alpha value is -1.37. The second-order valence-electron chi connectivity index (χ2n) is 6.30. The Morgan fingerprint density at radius 2 is 1.94 bits per heavy atom. The molecule has 1 aliphatic rings. The van der Waals surface area contributed by atoms with Gasteiger partial charge in [-0.25, -0.2) is 0 Å². The molecule has 0 spiro atoms. The summed E-state index contributed by atoms with van der Waals surface area (Å²) in [7, 11) is 0. The topological polar surface area (TPSA) is 12.9 Å². The molecule has 1 heterocycles. The minimum atomic E-state index is 0.442. The molecule has 0 aliphatic heterocycles. The van der Waals surface area contributed by atoms with Gasteiger partial charge in [-0.1, -0.05) is 39.0 Å². The Morgan fingerprint density at radius 1 is 1.12 bits per heavy atom. The first-order valence-corrected chi connectivity index (χ1v) is 6.39. The highest BCUT2D eigenvalue weighted by molar-refractivity contribution is 5.82. The van der Waals surface area contributed by atoms with E-state index in [0.29, 0.717) is 5.41 Å². The van der Waals surface area contributed by atoms with Crippen LogP contribution in [0.5, 0.6) is 0 Å². The first-order chi connectivity index (χ1) is 8.05. The van der Waals surface area contributed by atoms with Crippen LogP contribution >= 0.6 is 0 Å². The molecule has 1 saturated carbocycles. The lowest BCUT2D eigenvalue weighted by atomic mass is 9.87. The first-order valence-electron chi connectivity index (χ1n) is 6.39. The quantitative estimate of drug-likeness (QED) is 0.701. The molecule has 0 saturated heterocycles. The largest absolute Gasteiger partial charge is 0.264 e. The fourth-order valence-corrected chi connectivity index (χ4v) is 2.85. The van der Waals surface area contributed by atoms with Crippen molar-refractivity contribution in [3.05, 3.63) is 42.2 Å². The molecule has 0 unspecified atom stereocenters. The standard InChI is InChI=1S/C16H19N/c1-16(2,3)15-9-14(15)12-4-5-13-10-17-7-6-11(13)8-12/h4-8,10,14-15H,9H2,1-3H3/t14-,15+/m1/s1. The highest BCUT2D eigenvalue weighted by Crippen LogP contribution is 2.56. The smallest absolute Gasteiger partial charge is 0.0346 e. The maximum Gasteiger partial charge on any atom is 0.0346 e. The van der Waals surface area contributed by atoms with Crippen LogP contribution in [0.15, 0.2) is 36.7 Å². The Morgan fingerprint density at radius 3 is 2.65 bits per heavy atom. The second kappa shape index (κ2) is 3.56. The van der Waals surface area contributed by atoms with E-state index in [2.05, 4.69) is 50.0 Å². The number of nitrogens with zero attached hydrogens (tertiary/aromatic N) is 1. The van der Waals surface area contributed by atoms with Gasteiger partial charge in [0.05, 0.1) is 0 Å². The van der Waals surface area contributed by atoms with Crippen molar-refractivity contribution in [2.24, 2.45) is 11.3 Å². The number of fused-ring (bicyclic) bond motifs is 1. The van der Waals surface area contributed by atoms with Gasteiger partial charge in [0.2, 0.25) is 0 Å². The van der Waals surface area contributed by atoms with Crippen LogP contribution in [0.25, 0.3) is 10.8 Å². The van der Waals surface area contributed by atoms with Crippen LogP contribution < -0.4 is 0 Å². The Bertz CT molecular complexity index is 551. The van der Waals surface area contributed by atoms with Crippen molar-refractivity contribution in [2.45, 2.75) is 33.1 Å². The highest BCUT2D eigenvalue weighted by atomic mass is 14.6. The van der Waals surface area contributed by atoms with Crippen molar-refractivity contribution in [3.8, 4) is 0 Å². The molecule has 0 radical (unpaired) electrons. The Kier molecular flexibility index (Phi) is 2.25. The zero-order valence-electron chi connectivity index (χ0n) is 10.8. The molecule has 17 heavy (non-hydrogen) atoms. The van der Waals surface area contributed by atoms with E-state index in [1.807, 2.05) is 12.4 Å². The number of pyridine rings is 1. The molecule has 1 heteroatoms. The van der Waals surface area contributed by atoms with Crippen LogP contribution in [-0.2, 0) is 0 Å². The summed E-state index contributed by atoms with van der Waals surface area (Å²) in [6.07, 6.45) is 5.16. The predicted octanol–water partition coefficient (Wildman–Crippen LogP) is 4.38. The van der Waals surface area contributed by atoms with Crippen molar-refractivity contribution in [2.75, 3.05) is 0 Å². The number of hydrogen-bond donors (Lipinski definition) is 0. The van der Waals surface area contributed by atoms with Crippen LogP contribution in [0.3, 0.4) is 0 Å². The summed E-state index contributed by atoms with van der Waals surface area (Å²) in [6, 6.07) is 8.93. The van der Waals surface area contributed by atoms with E-state index in [-0.39, 0.29) is 0 Å². The number of aromatic nitrogens is 1. The summed E-state index contributed by atoms with van der Waals surface area (Å²) < 4.78 is 0. The molecule has 1 aromatic carbocycles. The van der Waals surface area contributed by atoms with E-state index in [4.69, 9.17) is 0 Å². The zero-order chi connectivity index (χ0) is 12.0. The molecule has 3 rings (SSSR count). The van der Waals surface area contributed by atoms with Crippen molar-refractivity contribution < 1.29 is 0 Å². The van der Waals surface area contributed by atoms with Gasteiger partial charge in [0.25, 0.3) is 0 Å². The lowest BCUT2D eigenvalue weighted by Gasteiger charge is -2.18. The lowest BCUT2D eigenvalue weighted by Crippen LogP contribution is -2.08. The van der Waals surface area contributed by atoms with Crippen molar-refractivity contribution in [1.29, 1.82) is 0 Å². The lowest BCUT2D eigenvalue weighted by molar-refractivity contribution is 0.343. The molecule has 1 aliphatic carbocycles. The molecule has 0 amide bonds. The Balaban J connectivity index is 1.93. The molecular weight excluding hydrogens is 206 g/mol. The predicted molar refractivity (Wildman–Crippen MR) is 72.0 cm³/mol. The molecule has 88 valence electrons. The minimum Gasteiger partial charge on any atom is -0.264 e. The molecule has 1 aromatic heterocycles. The molecule has 1 nitrogen and oxygen atoms in total. The van der Waals surface area contributed by atoms with Gasteiger partial charge >= 0.3 is 0 Å².